The van der Waals surface area contributed by atoms with Gasteiger partial charge in [-0.2, -0.15) is 0 Å². The topological polar surface area (TPSA) is 68.3 Å². The van der Waals surface area contributed by atoms with Gasteiger partial charge in [0.25, 0.3) is 5.91 Å². The molecule has 0 spiro atoms. The molecule has 1 heterocycles. The zero-order valence-corrected chi connectivity index (χ0v) is 15.2. The first-order valence-corrected chi connectivity index (χ1v) is 8.88. The highest BCUT2D eigenvalue weighted by atomic mass is 35.5. The summed E-state index contributed by atoms with van der Waals surface area (Å²) in [5, 5.41) is 4.20. The molecule has 0 unspecified atom stereocenters. The van der Waals surface area contributed by atoms with Crippen LogP contribution in [0.5, 0.6) is 0 Å². The number of benzene rings is 1. The molecule has 0 bridgehead atoms. The number of halogens is 1. The number of carbonyl (C=O) groups excluding carboxylic acids is 2. The zero-order valence-electron chi connectivity index (χ0n) is 13.6. The van der Waals surface area contributed by atoms with Gasteiger partial charge in [-0.1, -0.05) is 23.7 Å². The second kappa shape index (κ2) is 8.80. The van der Waals surface area contributed by atoms with Gasteiger partial charge in [-0.15, -0.1) is 11.3 Å². The van der Waals surface area contributed by atoms with E-state index in [-0.39, 0.29) is 11.9 Å². The van der Waals surface area contributed by atoms with Gasteiger partial charge < -0.3 is 10.1 Å². The Hall–Kier alpha value is -1.92. The molecule has 24 heavy (non-hydrogen) atoms. The Bertz CT molecular complexity index is 730. The van der Waals surface area contributed by atoms with Gasteiger partial charge in [0.2, 0.25) is 0 Å². The van der Waals surface area contributed by atoms with E-state index in [0.717, 1.165) is 10.6 Å². The number of nitrogens with zero attached hydrogens (tertiary/aromatic N) is 1. The van der Waals surface area contributed by atoms with Gasteiger partial charge >= 0.3 is 5.97 Å². The number of rotatable bonds is 7. The van der Waals surface area contributed by atoms with Gasteiger partial charge in [0, 0.05) is 23.6 Å². The summed E-state index contributed by atoms with van der Waals surface area (Å²) in [5.41, 5.74) is 1.56. The number of aromatic nitrogens is 1. The van der Waals surface area contributed by atoms with Gasteiger partial charge in [-0.05, 0) is 32.4 Å². The quantitative estimate of drug-likeness (QED) is 0.597. The van der Waals surface area contributed by atoms with Gasteiger partial charge in [-0.25, -0.2) is 4.98 Å². The van der Waals surface area contributed by atoms with Crippen LogP contribution in [-0.4, -0.2) is 30.0 Å². The third-order valence-corrected chi connectivity index (χ3v) is 4.66. The van der Waals surface area contributed by atoms with E-state index in [4.69, 9.17) is 16.3 Å². The molecule has 2 rings (SSSR count). The van der Waals surface area contributed by atoms with Crippen LogP contribution in [0.15, 0.2) is 24.3 Å². The van der Waals surface area contributed by atoms with Crippen LogP contribution >= 0.6 is 22.9 Å². The number of amides is 1. The van der Waals surface area contributed by atoms with Crippen molar-refractivity contribution in [3.05, 3.63) is 39.9 Å². The zero-order chi connectivity index (χ0) is 17.5. The summed E-state index contributed by atoms with van der Waals surface area (Å²) < 4.78 is 4.84. The normalized spacial score (nSPS) is 10.5. The van der Waals surface area contributed by atoms with Crippen LogP contribution in [0.2, 0.25) is 5.02 Å². The van der Waals surface area contributed by atoms with Crippen LogP contribution < -0.4 is 5.32 Å². The number of esters is 1. The molecule has 0 aliphatic rings. The van der Waals surface area contributed by atoms with Crippen molar-refractivity contribution in [1.82, 2.24) is 10.3 Å². The predicted molar refractivity (Wildman–Crippen MR) is 95.5 cm³/mol. The molecule has 7 heteroatoms. The Morgan fingerprint density at radius 1 is 1.38 bits per heavy atom. The smallest absolute Gasteiger partial charge is 0.305 e. The molecule has 0 radical (unpaired) electrons. The summed E-state index contributed by atoms with van der Waals surface area (Å²) in [5.74, 6) is -0.425. The number of nitrogens with one attached hydrogen (secondary N) is 1. The summed E-state index contributed by atoms with van der Waals surface area (Å²) in [6, 6.07) is 7.37. The Balaban J connectivity index is 1.94. The van der Waals surface area contributed by atoms with Crippen LogP contribution in [0.25, 0.3) is 10.6 Å². The van der Waals surface area contributed by atoms with E-state index in [9.17, 15) is 9.59 Å². The number of thiazole rings is 1. The molecule has 1 amide bonds. The Kier molecular flexibility index (Phi) is 6.75. The molecule has 1 aromatic heterocycles. The first-order chi connectivity index (χ1) is 11.5. The molecule has 0 saturated heterocycles. The van der Waals surface area contributed by atoms with Gasteiger partial charge in [0.15, 0.2) is 0 Å². The van der Waals surface area contributed by atoms with Crippen molar-refractivity contribution < 1.29 is 14.3 Å². The first kappa shape index (κ1) is 18.4. The largest absolute Gasteiger partial charge is 0.466 e. The maximum absolute atomic E-state index is 12.3. The van der Waals surface area contributed by atoms with Crippen LogP contribution in [0.4, 0.5) is 0 Å². The molecule has 1 aromatic carbocycles. The standard InChI is InChI=1S/C17H19ClN2O3S/c1-3-23-14(21)8-5-9-19-16(22)15-11(2)20-17(24-15)12-6-4-7-13(18)10-12/h4,6-7,10H,3,5,8-9H2,1-2H3,(H,19,22). The maximum atomic E-state index is 12.3. The average molecular weight is 367 g/mol. The van der Waals surface area contributed by atoms with E-state index in [1.165, 1.54) is 11.3 Å². The number of hydrogen-bond acceptors (Lipinski definition) is 5. The van der Waals surface area contributed by atoms with E-state index in [0.29, 0.717) is 41.6 Å². The molecule has 2 aromatic rings. The first-order valence-electron chi connectivity index (χ1n) is 7.68. The molecule has 1 N–H and O–H groups in total. The van der Waals surface area contributed by atoms with Crippen LogP contribution in [0.3, 0.4) is 0 Å². The number of hydrogen-bond donors (Lipinski definition) is 1. The van der Waals surface area contributed by atoms with E-state index >= 15 is 0 Å². The third kappa shape index (κ3) is 5.04. The second-order valence-electron chi connectivity index (χ2n) is 5.11. The number of ether oxygens (including phenoxy) is 1. The summed E-state index contributed by atoms with van der Waals surface area (Å²) in [6.45, 7) is 4.36. The Morgan fingerprint density at radius 3 is 2.88 bits per heavy atom. The highest BCUT2D eigenvalue weighted by molar-refractivity contribution is 7.17. The monoisotopic (exact) mass is 366 g/mol. The molecular formula is C17H19ClN2O3S. The summed E-state index contributed by atoms with van der Waals surface area (Å²) in [7, 11) is 0. The van der Waals surface area contributed by atoms with Gasteiger partial charge in [-0.3, -0.25) is 9.59 Å². The molecule has 0 atom stereocenters. The fourth-order valence-corrected chi connectivity index (χ4v) is 3.27. The molecular weight excluding hydrogens is 348 g/mol. The van der Waals surface area contributed by atoms with E-state index < -0.39 is 0 Å². The minimum Gasteiger partial charge on any atom is -0.466 e. The summed E-state index contributed by atoms with van der Waals surface area (Å²) >= 11 is 7.32. The molecule has 0 aliphatic carbocycles. The number of carbonyl (C=O) groups is 2. The minimum atomic E-state index is -0.246. The fourth-order valence-electron chi connectivity index (χ4n) is 2.10. The number of aryl methyl sites for hydroxylation is 1. The molecule has 0 fully saturated rings. The second-order valence-corrected chi connectivity index (χ2v) is 6.54. The molecule has 5 nitrogen and oxygen atoms in total. The minimum absolute atomic E-state index is 0.179. The molecule has 0 saturated carbocycles. The fraction of sp³-hybridized carbons (Fsp3) is 0.353. The predicted octanol–water partition coefficient (Wildman–Crippen LogP) is 3.85. The molecule has 128 valence electrons. The van der Waals surface area contributed by atoms with E-state index in [1.807, 2.05) is 18.2 Å². The lowest BCUT2D eigenvalue weighted by atomic mass is 10.2. The summed E-state index contributed by atoms with van der Waals surface area (Å²) in [6.07, 6.45) is 0.840. The molecule has 0 aliphatic heterocycles. The van der Waals surface area contributed by atoms with Crippen molar-refractivity contribution >= 4 is 34.8 Å². The van der Waals surface area contributed by atoms with Gasteiger partial charge in [0.1, 0.15) is 9.88 Å². The van der Waals surface area contributed by atoms with Gasteiger partial charge in [0.05, 0.1) is 12.3 Å². The Morgan fingerprint density at radius 2 is 2.17 bits per heavy atom. The maximum Gasteiger partial charge on any atom is 0.305 e. The van der Waals surface area contributed by atoms with E-state index in [1.54, 1.807) is 19.9 Å². The van der Waals surface area contributed by atoms with Crippen molar-refractivity contribution in [1.29, 1.82) is 0 Å². The highest BCUT2D eigenvalue weighted by Crippen LogP contribution is 2.29. The lowest BCUT2D eigenvalue weighted by Gasteiger charge is -2.04. The van der Waals surface area contributed by atoms with E-state index in [2.05, 4.69) is 10.3 Å². The lowest BCUT2D eigenvalue weighted by Crippen LogP contribution is -2.24. The average Bonchev–Trinajstić information content (AvgIpc) is 2.94. The summed E-state index contributed by atoms with van der Waals surface area (Å²) in [4.78, 5) is 28.5. The SMILES string of the molecule is CCOC(=O)CCCNC(=O)c1sc(-c2cccc(Cl)c2)nc1C. The van der Waals surface area contributed by atoms with Crippen molar-refractivity contribution in [2.45, 2.75) is 26.7 Å². The third-order valence-electron chi connectivity index (χ3n) is 3.22. The lowest BCUT2D eigenvalue weighted by molar-refractivity contribution is -0.143. The Labute approximate surface area is 150 Å². The van der Waals surface area contributed by atoms with Crippen molar-refractivity contribution in [2.75, 3.05) is 13.2 Å². The van der Waals surface area contributed by atoms with Crippen LogP contribution in [0, 0.1) is 6.92 Å². The highest BCUT2D eigenvalue weighted by Gasteiger charge is 2.16. The van der Waals surface area contributed by atoms with Crippen LogP contribution in [0.1, 0.15) is 35.1 Å². The van der Waals surface area contributed by atoms with Crippen molar-refractivity contribution in [3.8, 4) is 10.6 Å². The van der Waals surface area contributed by atoms with Crippen LogP contribution in [-0.2, 0) is 9.53 Å². The van der Waals surface area contributed by atoms with Crippen molar-refractivity contribution in [3.63, 3.8) is 0 Å². The van der Waals surface area contributed by atoms with Crippen molar-refractivity contribution in [2.24, 2.45) is 0 Å².